The number of hydrogen-bond acceptors (Lipinski definition) is 3. The monoisotopic (exact) mass is 303 g/mol. The van der Waals surface area contributed by atoms with Gasteiger partial charge in [-0.1, -0.05) is 18.2 Å². The Morgan fingerprint density at radius 3 is 2.50 bits per heavy atom. The third-order valence-corrected chi connectivity index (χ3v) is 3.35. The molecule has 0 heterocycles. The number of ether oxygens (including phenoxy) is 2. The number of halogens is 1. The van der Waals surface area contributed by atoms with Crippen LogP contribution in [0.5, 0.6) is 11.5 Å². The summed E-state index contributed by atoms with van der Waals surface area (Å²) in [5.41, 5.74) is 0.834. The van der Waals surface area contributed by atoms with Crippen molar-refractivity contribution in [2.45, 2.75) is 6.54 Å². The lowest BCUT2D eigenvalue weighted by Gasteiger charge is -2.19. The van der Waals surface area contributed by atoms with E-state index in [1.165, 1.54) is 25.2 Å². The maximum atomic E-state index is 13.7. The summed E-state index contributed by atoms with van der Waals surface area (Å²) in [5, 5.41) is 0. The molecule has 1 amide bonds. The second-order valence-corrected chi connectivity index (χ2v) is 4.82. The number of amides is 1. The van der Waals surface area contributed by atoms with Crippen molar-refractivity contribution in [2.24, 2.45) is 0 Å². The molecule has 2 aromatic carbocycles. The first-order chi connectivity index (χ1) is 10.6. The van der Waals surface area contributed by atoms with Crippen LogP contribution in [0.1, 0.15) is 15.9 Å². The molecule has 0 radical (unpaired) electrons. The molecule has 0 unspecified atom stereocenters. The minimum Gasteiger partial charge on any atom is -0.497 e. The highest BCUT2D eigenvalue weighted by molar-refractivity contribution is 5.97. The molecular formula is C17H18FNO3. The van der Waals surface area contributed by atoms with Crippen molar-refractivity contribution in [2.75, 3.05) is 21.3 Å². The Hall–Kier alpha value is -2.56. The van der Waals surface area contributed by atoms with E-state index < -0.39 is 0 Å². The first-order valence-corrected chi connectivity index (χ1v) is 6.77. The van der Waals surface area contributed by atoms with Crippen molar-refractivity contribution >= 4 is 5.91 Å². The molecule has 5 heteroatoms. The number of benzene rings is 2. The van der Waals surface area contributed by atoms with Crippen LogP contribution in [-0.4, -0.2) is 32.1 Å². The predicted octanol–water partition coefficient (Wildman–Crippen LogP) is 3.12. The zero-order valence-electron chi connectivity index (χ0n) is 12.8. The lowest BCUT2D eigenvalue weighted by Crippen LogP contribution is -2.27. The lowest BCUT2D eigenvalue weighted by atomic mass is 10.1. The number of carbonyl (C=O) groups excluding carboxylic acids is 1. The number of rotatable bonds is 5. The molecule has 2 aromatic rings. The van der Waals surface area contributed by atoms with Gasteiger partial charge in [0.25, 0.3) is 5.91 Å². The van der Waals surface area contributed by atoms with Crippen LogP contribution in [-0.2, 0) is 6.54 Å². The molecule has 0 spiro atoms. The Balaban J connectivity index is 2.25. The van der Waals surface area contributed by atoms with Crippen LogP contribution in [0, 0.1) is 5.82 Å². The van der Waals surface area contributed by atoms with Gasteiger partial charge >= 0.3 is 0 Å². The van der Waals surface area contributed by atoms with Crippen LogP contribution in [0.3, 0.4) is 0 Å². The molecule has 0 aliphatic rings. The van der Waals surface area contributed by atoms with E-state index in [0.717, 1.165) is 0 Å². The molecule has 0 saturated heterocycles. The molecule has 0 aliphatic carbocycles. The Labute approximate surface area is 129 Å². The van der Waals surface area contributed by atoms with E-state index in [9.17, 15) is 9.18 Å². The Bertz CT molecular complexity index is 673. The summed E-state index contributed by atoms with van der Waals surface area (Å²) in [4.78, 5) is 14.0. The highest BCUT2D eigenvalue weighted by Gasteiger charge is 2.18. The van der Waals surface area contributed by atoms with Crippen LogP contribution < -0.4 is 9.47 Å². The van der Waals surface area contributed by atoms with Crippen molar-refractivity contribution < 1.29 is 18.7 Å². The van der Waals surface area contributed by atoms with E-state index in [1.54, 1.807) is 43.4 Å². The Kier molecular flexibility index (Phi) is 4.99. The largest absolute Gasteiger partial charge is 0.497 e. The topological polar surface area (TPSA) is 38.8 Å². The summed E-state index contributed by atoms with van der Waals surface area (Å²) in [7, 11) is 4.64. The highest BCUT2D eigenvalue weighted by Crippen LogP contribution is 2.25. The molecule has 0 saturated carbocycles. The van der Waals surface area contributed by atoms with Crippen LogP contribution in [0.4, 0.5) is 4.39 Å². The van der Waals surface area contributed by atoms with Crippen molar-refractivity contribution in [3.05, 3.63) is 59.4 Å². The van der Waals surface area contributed by atoms with Gasteiger partial charge in [0.1, 0.15) is 17.3 Å². The van der Waals surface area contributed by atoms with Gasteiger partial charge in [0, 0.05) is 19.2 Å². The van der Waals surface area contributed by atoms with Gasteiger partial charge in [-0.2, -0.15) is 0 Å². The number of nitrogens with zero attached hydrogens (tertiary/aromatic N) is 1. The Morgan fingerprint density at radius 2 is 1.86 bits per heavy atom. The number of hydrogen-bond donors (Lipinski definition) is 0. The third kappa shape index (κ3) is 3.36. The fraction of sp³-hybridized carbons (Fsp3) is 0.235. The van der Waals surface area contributed by atoms with E-state index in [-0.39, 0.29) is 18.3 Å². The van der Waals surface area contributed by atoms with Gasteiger partial charge < -0.3 is 14.4 Å². The molecule has 0 N–H and O–H groups in total. The first kappa shape index (κ1) is 15.8. The molecule has 0 bridgehead atoms. The molecule has 116 valence electrons. The summed E-state index contributed by atoms with van der Waals surface area (Å²) in [5.74, 6) is 0.411. The highest BCUT2D eigenvalue weighted by atomic mass is 19.1. The SMILES string of the molecule is COc1ccc(OC)c(C(=O)N(C)Cc2ccccc2F)c1. The first-order valence-electron chi connectivity index (χ1n) is 6.77. The normalized spacial score (nSPS) is 10.2. The predicted molar refractivity (Wildman–Crippen MR) is 81.7 cm³/mol. The quantitative estimate of drug-likeness (QED) is 0.852. The fourth-order valence-corrected chi connectivity index (χ4v) is 2.14. The average Bonchev–Trinajstić information content (AvgIpc) is 2.55. The standard InChI is InChI=1S/C17H18FNO3/c1-19(11-12-6-4-5-7-15(12)18)17(20)14-10-13(21-2)8-9-16(14)22-3/h4-10H,11H2,1-3H3. The van der Waals surface area contributed by atoms with Crippen molar-refractivity contribution in [1.29, 1.82) is 0 Å². The minimum atomic E-state index is -0.334. The van der Waals surface area contributed by atoms with Gasteiger partial charge in [0.2, 0.25) is 0 Å². The summed E-state index contributed by atoms with van der Waals surface area (Å²) in [6.07, 6.45) is 0. The molecule has 4 nitrogen and oxygen atoms in total. The van der Waals surface area contributed by atoms with E-state index in [2.05, 4.69) is 0 Å². The average molecular weight is 303 g/mol. The van der Waals surface area contributed by atoms with Crippen molar-refractivity contribution in [3.8, 4) is 11.5 Å². The lowest BCUT2D eigenvalue weighted by molar-refractivity contribution is 0.0780. The fourth-order valence-electron chi connectivity index (χ4n) is 2.14. The summed E-state index contributed by atoms with van der Waals surface area (Å²) in [6, 6.07) is 11.4. The van der Waals surface area contributed by atoms with Crippen molar-refractivity contribution in [1.82, 2.24) is 4.90 Å². The second-order valence-electron chi connectivity index (χ2n) is 4.82. The van der Waals surface area contributed by atoms with E-state index >= 15 is 0 Å². The number of carbonyl (C=O) groups is 1. The molecule has 0 aliphatic heterocycles. The van der Waals surface area contributed by atoms with E-state index in [0.29, 0.717) is 22.6 Å². The van der Waals surface area contributed by atoms with E-state index in [4.69, 9.17) is 9.47 Å². The molecule has 2 rings (SSSR count). The van der Waals surface area contributed by atoms with Gasteiger partial charge in [-0.15, -0.1) is 0 Å². The van der Waals surface area contributed by atoms with Crippen LogP contribution in [0.25, 0.3) is 0 Å². The Morgan fingerprint density at radius 1 is 1.14 bits per heavy atom. The smallest absolute Gasteiger partial charge is 0.257 e. The zero-order chi connectivity index (χ0) is 16.1. The number of methoxy groups -OCH3 is 2. The van der Waals surface area contributed by atoms with Gasteiger partial charge in [0.05, 0.1) is 19.8 Å². The summed E-state index contributed by atoms with van der Waals surface area (Å²) in [6.45, 7) is 0.172. The van der Waals surface area contributed by atoms with Gasteiger partial charge in [-0.05, 0) is 24.3 Å². The summed E-state index contributed by atoms with van der Waals surface area (Å²) < 4.78 is 24.0. The van der Waals surface area contributed by atoms with Crippen LogP contribution >= 0.6 is 0 Å². The van der Waals surface area contributed by atoms with E-state index in [1.807, 2.05) is 0 Å². The molecule has 0 fully saturated rings. The van der Waals surface area contributed by atoms with Crippen LogP contribution in [0.15, 0.2) is 42.5 Å². The van der Waals surface area contributed by atoms with Gasteiger partial charge in [-0.25, -0.2) is 4.39 Å². The maximum absolute atomic E-state index is 13.7. The van der Waals surface area contributed by atoms with Gasteiger partial charge in [0.15, 0.2) is 0 Å². The minimum absolute atomic E-state index is 0.172. The molecular weight excluding hydrogens is 285 g/mol. The molecule has 22 heavy (non-hydrogen) atoms. The van der Waals surface area contributed by atoms with Crippen molar-refractivity contribution in [3.63, 3.8) is 0 Å². The van der Waals surface area contributed by atoms with Gasteiger partial charge in [-0.3, -0.25) is 4.79 Å². The third-order valence-electron chi connectivity index (χ3n) is 3.35. The summed E-state index contributed by atoms with van der Waals surface area (Å²) >= 11 is 0. The second kappa shape index (κ2) is 6.93. The maximum Gasteiger partial charge on any atom is 0.257 e. The van der Waals surface area contributed by atoms with Crippen LogP contribution in [0.2, 0.25) is 0 Å². The molecule has 0 atom stereocenters. The zero-order valence-corrected chi connectivity index (χ0v) is 12.8. The molecule has 0 aromatic heterocycles.